The van der Waals surface area contributed by atoms with Crippen LogP contribution in [0.1, 0.15) is 30.4 Å². The number of urea groups is 1. The molecular formula is C20H27N3O4S. The zero-order valence-electron chi connectivity index (χ0n) is 16.0. The molecular weight excluding hydrogens is 378 g/mol. The molecule has 2 fully saturated rings. The Morgan fingerprint density at radius 3 is 2.43 bits per heavy atom. The van der Waals surface area contributed by atoms with Gasteiger partial charge in [0, 0.05) is 31.9 Å². The Morgan fingerprint density at radius 1 is 1.00 bits per heavy atom. The lowest BCUT2D eigenvalue weighted by molar-refractivity contribution is -0.136. The van der Waals surface area contributed by atoms with E-state index in [0.29, 0.717) is 32.6 Å². The summed E-state index contributed by atoms with van der Waals surface area (Å²) in [6.45, 7) is 1.84. The van der Waals surface area contributed by atoms with E-state index in [-0.39, 0.29) is 23.4 Å². The predicted octanol–water partition coefficient (Wildman–Crippen LogP) is 1.68. The molecule has 8 heteroatoms. The van der Waals surface area contributed by atoms with Crippen LogP contribution >= 0.6 is 0 Å². The standard InChI is InChI=1S/C20H27N3O4S/c24-19(16-8-13-28(26,27)14-16)22-9-11-23(12-10-22)20(25)21-18-7-3-5-15-4-1-2-6-17(15)18/h3,5,7,16H,1-2,4,6,8-14H2,(H,21,25). The number of hydrogen-bond donors (Lipinski definition) is 1. The lowest BCUT2D eigenvalue weighted by atomic mass is 9.90. The molecule has 1 aromatic carbocycles. The lowest BCUT2D eigenvalue weighted by Gasteiger charge is -2.36. The van der Waals surface area contributed by atoms with Gasteiger partial charge in [-0.1, -0.05) is 12.1 Å². The molecule has 0 radical (unpaired) electrons. The maximum atomic E-state index is 12.7. The number of amides is 3. The Kier molecular flexibility index (Phi) is 5.31. The van der Waals surface area contributed by atoms with Gasteiger partial charge in [-0.05, 0) is 49.3 Å². The predicted molar refractivity (Wildman–Crippen MR) is 107 cm³/mol. The van der Waals surface area contributed by atoms with Crippen LogP contribution < -0.4 is 5.32 Å². The molecule has 1 atom stereocenters. The van der Waals surface area contributed by atoms with Crippen molar-refractivity contribution in [3.05, 3.63) is 29.3 Å². The molecule has 28 heavy (non-hydrogen) atoms. The summed E-state index contributed by atoms with van der Waals surface area (Å²) in [6.07, 6.45) is 4.83. The van der Waals surface area contributed by atoms with Gasteiger partial charge in [-0.2, -0.15) is 0 Å². The van der Waals surface area contributed by atoms with Gasteiger partial charge in [-0.25, -0.2) is 13.2 Å². The Bertz CT molecular complexity index is 875. The molecule has 2 aliphatic heterocycles. The zero-order valence-corrected chi connectivity index (χ0v) is 16.8. The number of aryl methyl sites for hydroxylation is 1. The van der Waals surface area contributed by atoms with Gasteiger partial charge in [0.05, 0.1) is 17.4 Å². The van der Waals surface area contributed by atoms with Crippen LogP contribution in [0.2, 0.25) is 0 Å². The van der Waals surface area contributed by atoms with Crippen molar-refractivity contribution in [2.24, 2.45) is 5.92 Å². The highest BCUT2D eigenvalue weighted by molar-refractivity contribution is 7.91. The van der Waals surface area contributed by atoms with E-state index in [1.54, 1.807) is 9.80 Å². The maximum Gasteiger partial charge on any atom is 0.321 e. The minimum atomic E-state index is -3.07. The summed E-state index contributed by atoms with van der Waals surface area (Å²) in [7, 11) is -3.07. The highest BCUT2D eigenvalue weighted by atomic mass is 32.2. The van der Waals surface area contributed by atoms with E-state index >= 15 is 0 Å². The van der Waals surface area contributed by atoms with E-state index in [2.05, 4.69) is 11.4 Å². The number of rotatable bonds is 2. The first-order chi connectivity index (χ1) is 13.4. The summed E-state index contributed by atoms with van der Waals surface area (Å²) in [5.41, 5.74) is 3.47. The van der Waals surface area contributed by atoms with E-state index in [9.17, 15) is 18.0 Å². The molecule has 1 aromatic rings. The molecule has 1 aliphatic carbocycles. The monoisotopic (exact) mass is 405 g/mol. The summed E-state index contributed by atoms with van der Waals surface area (Å²) >= 11 is 0. The molecule has 7 nitrogen and oxygen atoms in total. The number of nitrogens with zero attached hydrogens (tertiary/aromatic N) is 2. The molecule has 0 bridgehead atoms. The minimum absolute atomic E-state index is 0.0361. The Labute approximate surface area is 166 Å². The molecule has 152 valence electrons. The van der Waals surface area contributed by atoms with Crippen LogP contribution in [0.4, 0.5) is 10.5 Å². The zero-order chi connectivity index (χ0) is 19.7. The van der Waals surface area contributed by atoms with Crippen molar-refractivity contribution < 1.29 is 18.0 Å². The Hall–Kier alpha value is -2.09. The van der Waals surface area contributed by atoms with Crippen molar-refractivity contribution in [1.29, 1.82) is 0 Å². The Morgan fingerprint density at radius 2 is 1.71 bits per heavy atom. The third kappa shape index (κ3) is 4.01. The van der Waals surface area contributed by atoms with Crippen LogP contribution in [-0.4, -0.2) is 67.8 Å². The quantitative estimate of drug-likeness (QED) is 0.811. The molecule has 0 aromatic heterocycles. The molecule has 3 amide bonds. The van der Waals surface area contributed by atoms with Gasteiger partial charge in [0.15, 0.2) is 9.84 Å². The van der Waals surface area contributed by atoms with Gasteiger partial charge in [0.1, 0.15) is 0 Å². The number of anilines is 1. The minimum Gasteiger partial charge on any atom is -0.339 e. The van der Waals surface area contributed by atoms with Gasteiger partial charge in [-0.3, -0.25) is 4.79 Å². The average Bonchev–Trinajstić information content (AvgIpc) is 3.07. The van der Waals surface area contributed by atoms with Gasteiger partial charge in [0.2, 0.25) is 5.91 Å². The third-order valence-corrected chi connectivity index (χ3v) is 7.87. The number of nitrogens with one attached hydrogen (secondary N) is 1. The van der Waals surface area contributed by atoms with E-state index in [0.717, 1.165) is 24.9 Å². The summed E-state index contributed by atoms with van der Waals surface area (Å²) < 4.78 is 23.2. The van der Waals surface area contributed by atoms with Gasteiger partial charge in [-0.15, -0.1) is 0 Å². The lowest BCUT2D eigenvalue weighted by Crippen LogP contribution is -2.53. The van der Waals surface area contributed by atoms with Gasteiger partial charge >= 0.3 is 6.03 Å². The SMILES string of the molecule is O=C(Nc1cccc2c1CCCC2)N1CCN(C(=O)C2CCS(=O)(=O)C2)CC1. The number of fused-ring (bicyclic) bond motifs is 1. The first-order valence-electron chi connectivity index (χ1n) is 10.1. The summed E-state index contributed by atoms with van der Waals surface area (Å²) in [4.78, 5) is 28.7. The highest BCUT2D eigenvalue weighted by Crippen LogP contribution is 2.28. The number of piperazine rings is 1. The van der Waals surface area contributed by atoms with Gasteiger partial charge < -0.3 is 15.1 Å². The maximum absolute atomic E-state index is 12.7. The molecule has 0 saturated carbocycles. The third-order valence-electron chi connectivity index (χ3n) is 6.10. The van der Waals surface area contributed by atoms with Crippen LogP contribution in [0.25, 0.3) is 0 Å². The molecule has 4 rings (SSSR count). The Balaban J connectivity index is 1.33. The highest BCUT2D eigenvalue weighted by Gasteiger charge is 2.36. The summed E-state index contributed by atoms with van der Waals surface area (Å²) in [5, 5.41) is 3.05. The first kappa shape index (κ1) is 19.2. The van der Waals surface area contributed by atoms with Gasteiger partial charge in [0.25, 0.3) is 0 Å². The second-order valence-electron chi connectivity index (χ2n) is 7.99. The molecule has 1 N–H and O–H groups in total. The number of sulfone groups is 1. The molecule has 0 spiro atoms. The van der Waals surface area contributed by atoms with Crippen molar-refractivity contribution in [2.75, 3.05) is 43.0 Å². The smallest absolute Gasteiger partial charge is 0.321 e. The fraction of sp³-hybridized carbons (Fsp3) is 0.600. The van der Waals surface area contributed by atoms with Crippen molar-refractivity contribution in [3.63, 3.8) is 0 Å². The number of carbonyl (C=O) groups is 2. The van der Waals surface area contributed by atoms with Crippen LogP contribution in [0, 0.1) is 5.92 Å². The first-order valence-corrected chi connectivity index (χ1v) is 11.9. The number of benzene rings is 1. The van der Waals surface area contributed by atoms with Crippen LogP contribution in [0.3, 0.4) is 0 Å². The molecule has 2 heterocycles. The molecule has 3 aliphatic rings. The number of hydrogen-bond acceptors (Lipinski definition) is 4. The van der Waals surface area contributed by atoms with Crippen molar-refractivity contribution in [1.82, 2.24) is 9.80 Å². The van der Waals surface area contributed by atoms with Crippen molar-refractivity contribution >= 4 is 27.5 Å². The average molecular weight is 406 g/mol. The normalized spacial score (nSPS) is 23.9. The van der Waals surface area contributed by atoms with E-state index in [1.807, 2.05) is 12.1 Å². The largest absolute Gasteiger partial charge is 0.339 e. The van der Waals surface area contributed by atoms with E-state index in [4.69, 9.17) is 0 Å². The van der Waals surface area contributed by atoms with Crippen molar-refractivity contribution in [2.45, 2.75) is 32.1 Å². The van der Waals surface area contributed by atoms with E-state index in [1.165, 1.54) is 17.5 Å². The summed E-state index contributed by atoms with van der Waals surface area (Å²) in [6, 6.07) is 5.96. The molecule has 1 unspecified atom stereocenters. The summed E-state index contributed by atoms with van der Waals surface area (Å²) in [5.74, 6) is -0.432. The fourth-order valence-electron chi connectivity index (χ4n) is 4.47. The van der Waals surface area contributed by atoms with Crippen molar-refractivity contribution in [3.8, 4) is 0 Å². The fourth-order valence-corrected chi connectivity index (χ4v) is 6.20. The second-order valence-corrected chi connectivity index (χ2v) is 10.2. The van der Waals surface area contributed by atoms with E-state index < -0.39 is 15.8 Å². The van der Waals surface area contributed by atoms with Crippen LogP contribution in [-0.2, 0) is 27.5 Å². The number of carbonyl (C=O) groups excluding carboxylic acids is 2. The second kappa shape index (κ2) is 7.73. The van der Waals surface area contributed by atoms with Crippen LogP contribution in [0.15, 0.2) is 18.2 Å². The topological polar surface area (TPSA) is 86.8 Å². The molecule has 2 saturated heterocycles. The van der Waals surface area contributed by atoms with Crippen LogP contribution in [0.5, 0.6) is 0 Å².